The Morgan fingerprint density at radius 3 is 2.65 bits per heavy atom. The largest absolute Gasteiger partial charge is 0.320 e. The molecule has 2 aromatic carbocycles. The van der Waals surface area contributed by atoms with Crippen molar-refractivity contribution in [3.8, 4) is 0 Å². The number of hydrogen-bond acceptors (Lipinski definition) is 3. The third-order valence-electron chi connectivity index (χ3n) is 2.95. The van der Waals surface area contributed by atoms with Gasteiger partial charge in [0.1, 0.15) is 5.82 Å². The molecule has 6 heteroatoms. The lowest BCUT2D eigenvalue weighted by Gasteiger charge is -2.15. The molecular weight excluding hydrogens is 327 g/mol. The van der Waals surface area contributed by atoms with E-state index in [1.807, 2.05) is 0 Å². The molecule has 2 N–H and O–H groups in total. The summed E-state index contributed by atoms with van der Waals surface area (Å²) in [6.07, 6.45) is 0. The van der Waals surface area contributed by atoms with Crippen molar-refractivity contribution in [1.82, 2.24) is 0 Å². The molecule has 2 aromatic rings. The summed E-state index contributed by atoms with van der Waals surface area (Å²) >= 11 is 3.31. The van der Waals surface area contributed by atoms with Crippen LogP contribution < -0.4 is 5.73 Å². The maximum Gasteiger partial charge on any atom is 0.270 e. The van der Waals surface area contributed by atoms with E-state index >= 15 is 0 Å². The summed E-state index contributed by atoms with van der Waals surface area (Å²) in [6.45, 7) is 1.75. The predicted molar refractivity (Wildman–Crippen MR) is 78.0 cm³/mol. The van der Waals surface area contributed by atoms with E-state index in [-0.39, 0.29) is 5.69 Å². The molecule has 0 aromatic heterocycles. The number of nitro groups is 1. The number of aryl methyl sites for hydroxylation is 1. The van der Waals surface area contributed by atoms with E-state index in [1.54, 1.807) is 19.1 Å². The highest BCUT2D eigenvalue weighted by Gasteiger charge is 2.17. The average molecular weight is 339 g/mol. The Bertz CT molecular complexity index is 676. The minimum atomic E-state index is -0.640. The summed E-state index contributed by atoms with van der Waals surface area (Å²) < 4.78 is 14.0. The molecule has 4 nitrogen and oxygen atoms in total. The van der Waals surface area contributed by atoms with Crippen LogP contribution in [0.5, 0.6) is 0 Å². The number of rotatable bonds is 3. The standard InChI is InChI=1S/C14H12BrFN2O2/c1-8-4-9(6-11(5-8)18(19)20)14(17)12-7-10(16)2-3-13(12)15/h2-7,14H,17H2,1H3. The molecule has 0 amide bonds. The van der Waals surface area contributed by atoms with E-state index in [0.717, 1.165) is 5.56 Å². The van der Waals surface area contributed by atoms with Gasteiger partial charge < -0.3 is 5.73 Å². The lowest BCUT2D eigenvalue weighted by Crippen LogP contribution is -2.13. The molecule has 0 radical (unpaired) electrons. The van der Waals surface area contributed by atoms with Gasteiger partial charge in [0.2, 0.25) is 0 Å². The van der Waals surface area contributed by atoms with Crippen LogP contribution in [0.15, 0.2) is 40.9 Å². The molecule has 104 valence electrons. The van der Waals surface area contributed by atoms with Crippen molar-refractivity contribution in [3.05, 3.63) is 73.5 Å². The van der Waals surface area contributed by atoms with E-state index < -0.39 is 16.8 Å². The van der Waals surface area contributed by atoms with Gasteiger partial charge in [0.25, 0.3) is 5.69 Å². The second-order valence-corrected chi connectivity index (χ2v) is 5.36. The number of nitro benzene ring substituents is 1. The minimum absolute atomic E-state index is 0.0250. The van der Waals surface area contributed by atoms with E-state index in [1.165, 1.54) is 24.3 Å². The van der Waals surface area contributed by atoms with Gasteiger partial charge in [0.15, 0.2) is 0 Å². The van der Waals surface area contributed by atoms with Crippen LogP contribution in [-0.2, 0) is 0 Å². The maximum absolute atomic E-state index is 13.3. The molecular formula is C14H12BrFN2O2. The van der Waals surface area contributed by atoms with Gasteiger partial charge in [0.05, 0.1) is 11.0 Å². The van der Waals surface area contributed by atoms with Crippen molar-refractivity contribution in [2.75, 3.05) is 0 Å². The number of benzene rings is 2. The first-order valence-electron chi connectivity index (χ1n) is 5.85. The molecule has 0 fully saturated rings. The first kappa shape index (κ1) is 14.6. The zero-order valence-corrected chi connectivity index (χ0v) is 12.2. The van der Waals surface area contributed by atoms with E-state index in [4.69, 9.17) is 5.73 Å². The molecule has 0 spiro atoms. The van der Waals surface area contributed by atoms with E-state index in [2.05, 4.69) is 15.9 Å². The maximum atomic E-state index is 13.3. The van der Waals surface area contributed by atoms with Crippen LogP contribution in [0, 0.1) is 22.9 Å². The van der Waals surface area contributed by atoms with Crippen LogP contribution in [0.25, 0.3) is 0 Å². The molecule has 1 atom stereocenters. The van der Waals surface area contributed by atoms with Crippen LogP contribution in [-0.4, -0.2) is 4.92 Å². The summed E-state index contributed by atoms with van der Waals surface area (Å²) in [5.41, 5.74) is 7.93. The van der Waals surface area contributed by atoms with Crippen LogP contribution in [0.1, 0.15) is 22.7 Å². The van der Waals surface area contributed by atoms with Crippen molar-refractivity contribution < 1.29 is 9.31 Å². The van der Waals surface area contributed by atoms with Gasteiger partial charge in [-0.3, -0.25) is 10.1 Å². The summed E-state index contributed by atoms with van der Waals surface area (Å²) in [7, 11) is 0. The van der Waals surface area contributed by atoms with Gasteiger partial charge in [-0.15, -0.1) is 0 Å². The average Bonchev–Trinajstić information content (AvgIpc) is 2.40. The third-order valence-corrected chi connectivity index (χ3v) is 3.67. The summed E-state index contributed by atoms with van der Waals surface area (Å²) in [5.74, 6) is -0.402. The second kappa shape index (κ2) is 5.68. The lowest BCUT2D eigenvalue weighted by molar-refractivity contribution is -0.385. The Hall–Kier alpha value is -1.79. The van der Waals surface area contributed by atoms with Gasteiger partial charge in [-0.25, -0.2) is 4.39 Å². The highest BCUT2D eigenvalue weighted by molar-refractivity contribution is 9.10. The number of nitrogens with zero attached hydrogens (tertiary/aromatic N) is 1. The van der Waals surface area contributed by atoms with Crippen molar-refractivity contribution in [3.63, 3.8) is 0 Å². The molecule has 0 heterocycles. The SMILES string of the molecule is Cc1cc(C(N)c2cc(F)ccc2Br)cc([N+](=O)[O-])c1. The molecule has 20 heavy (non-hydrogen) atoms. The lowest BCUT2D eigenvalue weighted by atomic mass is 9.97. The zero-order chi connectivity index (χ0) is 14.9. The summed E-state index contributed by atoms with van der Waals surface area (Å²) in [5, 5.41) is 10.9. The number of non-ortho nitro benzene ring substituents is 1. The Kier molecular flexibility index (Phi) is 4.15. The first-order chi connectivity index (χ1) is 9.38. The second-order valence-electron chi connectivity index (χ2n) is 4.50. The van der Waals surface area contributed by atoms with Gasteiger partial charge in [0, 0.05) is 16.6 Å². The zero-order valence-electron chi connectivity index (χ0n) is 10.6. The van der Waals surface area contributed by atoms with Crippen molar-refractivity contribution in [1.29, 1.82) is 0 Å². The minimum Gasteiger partial charge on any atom is -0.320 e. The van der Waals surface area contributed by atoms with Gasteiger partial charge >= 0.3 is 0 Å². The molecule has 0 aliphatic heterocycles. The smallest absolute Gasteiger partial charge is 0.270 e. The molecule has 0 aliphatic carbocycles. The van der Waals surface area contributed by atoms with Crippen molar-refractivity contribution >= 4 is 21.6 Å². The molecule has 1 unspecified atom stereocenters. The fourth-order valence-corrected chi connectivity index (χ4v) is 2.50. The van der Waals surface area contributed by atoms with Gasteiger partial charge in [-0.1, -0.05) is 22.0 Å². The number of hydrogen-bond donors (Lipinski definition) is 1. The molecule has 0 aliphatic rings. The third kappa shape index (κ3) is 3.02. The Morgan fingerprint density at radius 1 is 1.30 bits per heavy atom. The molecule has 2 rings (SSSR count). The van der Waals surface area contributed by atoms with Crippen LogP contribution >= 0.6 is 15.9 Å². The van der Waals surface area contributed by atoms with Crippen LogP contribution in [0.3, 0.4) is 0 Å². The van der Waals surface area contributed by atoms with Gasteiger partial charge in [-0.05, 0) is 41.8 Å². The van der Waals surface area contributed by atoms with Crippen LogP contribution in [0.4, 0.5) is 10.1 Å². The topological polar surface area (TPSA) is 69.2 Å². The fourth-order valence-electron chi connectivity index (χ4n) is 2.01. The molecule has 0 saturated carbocycles. The summed E-state index contributed by atoms with van der Waals surface area (Å²) in [4.78, 5) is 10.4. The Morgan fingerprint density at radius 2 is 2.00 bits per heavy atom. The predicted octanol–water partition coefficient (Wildman–Crippen LogP) is 3.85. The Labute approximate surface area is 123 Å². The monoisotopic (exact) mass is 338 g/mol. The van der Waals surface area contributed by atoms with Crippen molar-refractivity contribution in [2.45, 2.75) is 13.0 Å². The quantitative estimate of drug-likeness (QED) is 0.682. The highest BCUT2D eigenvalue weighted by Crippen LogP contribution is 2.30. The van der Waals surface area contributed by atoms with Crippen LogP contribution in [0.2, 0.25) is 0 Å². The first-order valence-corrected chi connectivity index (χ1v) is 6.64. The summed E-state index contributed by atoms with van der Waals surface area (Å²) in [6, 6.07) is 8.20. The van der Waals surface area contributed by atoms with E-state index in [9.17, 15) is 14.5 Å². The van der Waals surface area contributed by atoms with E-state index in [0.29, 0.717) is 15.6 Å². The van der Waals surface area contributed by atoms with Gasteiger partial charge in [-0.2, -0.15) is 0 Å². The normalized spacial score (nSPS) is 12.2. The number of nitrogens with two attached hydrogens (primary N) is 1. The number of halogens is 2. The molecule has 0 saturated heterocycles. The highest BCUT2D eigenvalue weighted by atomic mass is 79.9. The Balaban J connectivity index is 2.50. The molecule has 0 bridgehead atoms. The fraction of sp³-hybridized carbons (Fsp3) is 0.143. The van der Waals surface area contributed by atoms with Crippen molar-refractivity contribution in [2.24, 2.45) is 5.73 Å².